The van der Waals surface area contributed by atoms with Crippen molar-refractivity contribution in [3.05, 3.63) is 35.9 Å². The first kappa shape index (κ1) is 11.0. The van der Waals surface area contributed by atoms with E-state index in [0.29, 0.717) is 19.8 Å². The van der Waals surface area contributed by atoms with Gasteiger partial charge in [-0.05, 0) is 12.5 Å². The molecule has 1 fully saturated rings. The SMILES string of the molecule is CC1OCCN1C(=O)OCc1ccccc1. The first-order chi connectivity index (χ1) is 7.77. The molecule has 1 aromatic carbocycles. The summed E-state index contributed by atoms with van der Waals surface area (Å²) >= 11 is 0. The second kappa shape index (κ2) is 4.99. The van der Waals surface area contributed by atoms with E-state index in [0.717, 1.165) is 5.56 Å². The van der Waals surface area contributed by atoms with Crippen molar-refractivity contribution >= 4 is 6.09 Å². The zero-order valence-electron chi connectivity index (χ0n) is 9.26. The normalized spacial score (nSPS) is 19.8. The predicted molar refractivity (Wildman–Crippen MR) is 58.7 cm³/mol. The molecular formula is C12H15NO3. The topological polar surface area (TPSA) is 38.8 Å². The van der Waals surface area contributed by atoms with Gasteiger partial charge in [0.1, 0.15) is 12.8 Å². The van der Waals surface area contributed by atoms with Crippen molar-refractivity contribution in [2.24, 2.45) is 0 Å². The lowest BCUT2D eigenvalue weighted by Gasteiger charge is -2.18. The van der Waals surface area contributed by atoms with Gasteiger partial charge in [-0.2, -0.15) is 0 Å². The summed E-state index contributed by atoms with van der Waals surface area (Å²) in [6, 6.07) is 9.63. The fourth-order valence-corrected chi connectivity index (χ4v) is 1.64. The van der Waals surface area contributed by atoms with Crippen LogP contribution >= 0.6 is 0 Å². The third kappa shape index (κ3) is 2.52. The van der Waals surface area contributed by atoms with Crippen molar-refractivity contribution in [1.82, 2.24) is 4.90 Å². The Hall–Kier alpha value is -1.55. The third-order valence-electron chi connectivity index (χ3n) is 2.57. The molecule has 1 aliphatic rings. The molecule has 0 saturated carbocycles. The molecule has 0 N–H and O–H groups in total. The van der Waals surface area contributed by atoms with Gasteiger partial charge in [-0.3, -0.25) is 4.90 Å². The van der Waals surface area contributed by atoms with Crippen LogP contribution in [0.1, 0.15) is 12.5 Å². The number of ether oxygens (including phenoxy) is 2. The zero-order chi connectivity index (χ0) is 11.4. The van der Waals surface area contributed by atoms with Gasteiger partial charge in [-0.25, -0.2) is 4.79 Å². The molecule has 1 amide bonds. The van der Waals surface area contributed by atoms with E-state index >= 15 is 0 Å². The standard InChI is InChI=1S/C12H15NO3/c1-10-13(7-8-15-10)12(14)16-9-11-5-3-2-4-6-11/h2-6,10H,7-9H2,1H3. The van der Waals surface area contributed by atoms with Crippen LogP contribution in [0.5, 0.6) is 0 Å². The smallest absolute Gasteiger partial charge is 0.412 e. The average Bonchev–Trinajstić information content (AvgIpc) is 2.74. The minimum Gasteiger partial charge on any atom is -0.444 e. The van der Waals surface area contributed by atoms with E-state index in [1.165, 1.54) is 0 Å². The molecule has 0 aromatic heterocycles. The summed E-state index contributed by atoms with van der Waals surface area (Å²) in [5, 5.41) is 0. The van der Waals surface area contributed by atoms with E-state index in [9.17, 15) is 4.79 Å². The molecule has 1 heterocycles. The van der Waals surface area contributed by atoms with E-state index in [4.69, 9.17) is 9.47 Å². The maximum Gasteiger partial charge on any atom is 0.412 e. The van der Waals surface area contributed by atoms with Gasteiger partial charge in [0.05, 0.1) is 13.2 Å². The molecule has 4 nitrogen and oxygen atoms in total. The van der Waals surface area contributed by atoms with Crippen molar-refractivity contribution < 1.29 is 14.3 Å². The van der Waals surface area contributed by atoms with Gasteiger partial charge in [-0.1, -0.05) is 30.3 Å². The first-order valence-corrected chi connectivity index (χ1v) is 5.36. The number of hydrogen-bond donors (Lipinski definition) is 0. The molecule has 4 heteroatoms. The number of nitrogens with zero attached hydrogens (tertiary/aromatic N) is 1. The van der Waals surface area contributed by atoms with Crippen LogP contribution in [0.3, 0.4) is 0 Å². The molecule has 1 saturated heterocycles. The highest BCUT2D eigenvalue weighted by atomic mass is 16.6. The first-order valence-electron chi connectivity index (χ1n) is 5.36. The lowest BCUT2D eigenvalue weighted by Crippen LogP contribution is -2.34. The molecule has 16 heavy (non-hydrogen) atoms. The Balaban J connectivity index is 1.84. The number of amides is 1. The molecule has 0 bridgehead atoms. The monoisotopic (exact) mass is 221 g/mol. The molecule has 1 atom stereocenters. The van der Waals surface area contributed by atoms with Crippen molar-refractivity contribution in [2.75, 3.05) is 13.2 Å². The Bertz CT molecular complexity index is 353. The van der Waals surface area contributed by atoms with Crippen molar-refractivity contribution in [1.29, 1.82) is 0 Å². The van der Waals surface area contributed by atoms with E-state index in [1.54, 1.807) is 4.90 Å². The van der Waals surface area contributed by atoms with Crippen LogP contribution in [0.15, 0.2) is 30.3 Å². The van der Waals surface area contributed by atoms with Crippen LogP contribution in [0.2, 0.25) is 0 Å². The summed E-state index contributed by atoms with van der Waals surface area (Å²) in [4.78, 5) is 13.2. The third-order valence-corrected chi connectivity index (χ3v) is 2.57. The molecule has 2 rings (SSSR count). The van der Waals surface area contributed by atoms with Gasteiger partial charge in [0, 0.05) is 0 Å². The molecule has 1 unspecified atom stereocenters. The molecule has 1 aliphatic heterocycles. The van der Waals surface area contributed by atoms with Crippen LogP contribution < -0.4 is 0 Å². The molecular weight excluding hydrogens is 206 g/mol. The minimum absolute atomic E-state index is 0.178. The molecule has 1 aromatic rings. The van der Waals surface area contributed by atoms with Crippen LogP contribution in [0.25, 0.3) is 0 Å². The Morgan fingerprint density at radius 2 is 2.25 bits per heavy atom. The van der Waals surface area contributed by atoms with Gasteiger partial charge in [0.2, 0.25) is 0 Å². The molecule has 86 valence electrons. The Morgan fingerprint density at radius 3 is 2.88 bits per heavy atom. The Morgan fingerprint density at radius 1 is 1.50 bits per heavy atom. The summed E-state index contributed by atoms with van der Waals surface area (Å²) in [5.41, 5.74) is 0.989. The van der Waals surface area contributed by atoms with Crippen LogP contribution in [-0.4, -0.2) is 30.4 Å². The number of carbonyl (C=O) groups excluding carboxylic acids is 1. The zero-order valence-corrected chi connectivity index (χ0v) is 9.26. The summed E-state index contributed by atoms with van der Waals surface area (Å²) in [7, 11) is 0. The number of rotatable bonds is 2. The highest BCUT2D eigenvalue weighted by Gasteiger charge is 2.26. The van der Waals surface area contributed by atoms with Crippen LogP contribution in [0.4, 0.5) is 4.79 Å². The highest BCUT2D eigenvalue weighted by molar-refractivity contribution is 5.68. The van der Waals surface area contributed by atoms with Crippen molar-refractivity contribution in [3.8, 4) is 0 Å². The second-order valence-corrected chi connectivity index (χ2v) is 3.70. The summed E-state index contributed by atoms with van der Waals surface area (Å²) in [6.07, 6.45) is -0.489. The van der Waals surface area contributed by atoms with Crippen molar-refractivity contribution in [3.63, 3.8) is 0 Å². The molecule has 0 spiro atoms. The fourth-order valence-electron chi connectivity index (χ4n) is 1.64. The predicted octanol–water partition coefficient (Wildman–Crippen LogP) is 2.00. The number of hydrogen-bond acceptors (Lipinski definition) is 3. The Kier molecular flexibility index (Phi) is 3.41. The van der Waals surface area contributed by atoms with Gasteiger partial charge in [0.25, 0.3) is 0 Å². The highest BCUT2D eigenvalue weighted by Crippen LogP contribution is 2.11. The number of benzene rings is 1. The average molecular weight is 221 g/mol. The summed E-state index contributed by atoms with van der Waals surface area (Å²) in [6.45, 7) is 3.34. The number of carbonyl (C=O) groups is 1. The quantitative estimate of drug-likeness (QED) is 0.766. The van der Waals surface area contributed by atoms with E-state index in [2.05, 4.69) is 0 Å². The Labute approximate surface area is 94.8 Å². The minimum atomic E-state index is -0.311. The maximum atomic E-state index is 11.7. The maximum absolute atomic E-state index is 11.7. The fraction of sp³-hybridized carbons (Fsp3) is 0.417. The van der Waals surface area contributed by atoms with E-state index < -0.39 is 0 Å². The van der Waals surface area contributed by atoms with Crippen LogP contribution in [-0.2, 0) is 16.1 Å². The van der Waals surface area contributed by atoms with Gasteiger partial charge in [0.15, 0.2) is 0 Å². The largest absolute Gasteiger partial charge is 0.444 e. The van der Waals surface area contributed by atoms with Crippen molar-refractivity contribution in [2.45, 2.75) is 19.8 Å². The summed E-state index contributed by atoms with van der Waals surface area (Å²) < 4.78 is 10.5. The van der Waals surface area contributed by atoms with Gasteiger partial charge >= 0.3 is 6.09 Å². The van der Waals surface area contributed by atoms with Gasteiger partial charge < -0.3 is 9.47 Å². The molecule has 0 aliphatic carbocycles. The summed E-state index contributed by atoms with van der Waals surface area (Å²) in [5.74, 6) is 0. The molecule has 0 radical (unpaired) electrons. The van der Waals surface area contributed by atoms with E-state index in [-0.39, 0.29) is 12.3 Å². The second-order valence-electron chi connectivity index (χ2n) is 3.70. The van der Waals surface area contributed by atoms with Gasteiger partial charge in [-0.15, -0.1) is 0 Å². The lowest BCUT2D eigenvalue weighted by molar-refractivity contribution is 0.0336. The van der Waals surface area contributed by atoms with E-state index in [1.807, 2.05) is 37.3 Å². The van der Waals surface area contributed by atoms with Crippen LogP contribution in [0, 0.1) is 0 Å². The lowest BCUT2D eigenvalue weighted by atomic mass is 10.2.